The molecule has 33 heavy (non-hydrogen) atoms. The number of carboxylic acids is 1. The van der Waals surface area contributed by atoms with Crippen LogP contribution in [0.4, 0.5) is 4.39 Å². The fourth-order valence-corrected chi connectivity index (χ4v) is 5.37. The molecular weight excluding hydrogens is 421 g/mol. The molecule has 1 N–H and O–H groups in total. The molecule has 0 amide bonds. The van der Waals surface area contributed by atoms with Crippen LogP contribution >= 0.6 is 0 Å². The lowest BCUT2D eigenvalue weighted by Gasteiger charge is -2.32. The van der Waals surface area contributed by atoms with Gasteiger partial charge in [-0.05, 0) is 77.6 Å². The first-order valence-electron chi connectivity index (χ1n) is 11.7. The highest BCUT2D eigenvalue weighted by atomic mass is 19.1. The van der Waals surface area contributed by atoms with E-state index in [0.29, 0.717) is 19.0 Å². The van der Waals surface area contributed by atoms with Crippen molar-refractivity contribution in [3.8, 4) is 5.75 Å². The van der Waals surface area contributed by atoms with Gasteiger partial charge in [0.05, 0.1) is 13.0 Å². The number of carbonyl (C=O) groups is 1. The molecule has 1 saturated heterocycles. The first-order valence-corrected chi connectivity index (χ1v) is 11.7. The van der Waals surface area contributed by atoms with E-state index in [1.165, 1.54) is 11.6 Å². The van der Waals surface area contributed by atoms with Gasteiger partial charge in [0.2, 0.25) is 0 Å². The van der Waals surface area contributed by atoms with Gasteiger partial charge in [-0.15, -0.1) is 0 Å². The van der Waals surface area contributed by atoms with Gasteiger partial charge in [-0.2, -0.15) is 0 Å². The molecule has 0 bridgehead atoms. The fourth-order valence-electron chi connectivity index (χ4n) is 5.37. The monoisotopic (exact) mass is 451 g/mol. The second-order valence-corrected chi connectivity index (χ2v) is 9.68. The van der Waals surface area contributed by atoms with Crippen molar-refractivity contribution < 1.29 is 23.8 Å². The van der Waals surface area contributed by atoms with Gasteiger partial charge < -0.3 is 19.5 Å². The maximum atomic E-state index is 14.3. The molecule has 2 aromatic rings. The number of halogens is 1. The highest BCUT2D eigenvalue weighted by molar-refractivity contribution is 5.87. The van der Waals surface area contributed by atoms with Crippen molar-refractivity contribution in [1.82, 2.24) is 4.90 Å². The van der Waals surface area contributed by atoms with E-state index in [0.717, 1.165) is 73.1 Å². The Labute approximate surface area is 193 Å². The van der Waals surface area contributed by atoms with Crippen LogP contribution in [0.25, 0.3) is 5.57 Å². The molecule has 1 aliphatic carbocycles. The van der Waals surface area contributed by atoms with Crippen LogP contribution in [0, 0.1) is 11.2 Å². The van der Waals surface area contributed by atoms with Gasteiger partial charge in [0, 0.05) is 32.3 Å². The molecule has 174 valence electrons. The summed E-state index contributed by atoms with van der Waals surface area (Å²) < 4.78 is 25.7. The maximum absolute atomic E-state index is 14.3. The summed E-state index contributed by atoms with van der Waals surface area (Å²) in [5.41, 5.74) is 6.47. The Morgan fingerprint density at radius 3 is 2.64 bits per heavy atom. The van der Waals surface area contributed by atoms with Crippen LogP contribution in [0.15, 0.2) is 42.0 Å². The molecule has 0 radical (unpaired) electrons. The number of piperidine rings is 1. The van der Waals surface area contributed by atoms with Gasteiger partial charge in [0.1, 0.15) is 18.2 Å². The van der Waals surface area contributed by atoms with Gasteiger partial charge in [-0.25, -0.2) is 4.39 Å². The lowest BCUT2D eigenvalue weighted by molar-refractivity contribution is -0.138. The third kappa shape index (κ3) is 4.68. The van der Waals surface area contributed by atoms with E-state index in [9.17, 15) is 14.3 Å². The molecule has 6 heteroatoms. The van der Waals surface area contributed by atoms with E-state index in [1.807, 2.05) is 0 Å². The van der Waals surface area contributed by atoms with Crippen molar-refractivity contribution in [2.45, 2.75) is 45.3 Å². The van der Waals surface area contributed by atoms with E-state index in [4.69, 9.17) is 9.47 Å². The van der Waals surface area contributed by atoms with Gasteiger partial charge in [0.25, 0.3) is 0 Å². The molecule has 2 aromatic carbocycles. The molecular formula is C27H30FNO4. The van der Waals surface area contributed by atoms with Gasteiger partial charge in [-0.1, -0.05) is 17.7 Å². The molecule has 0 spiro atoms. The summed E-state index contributed by atoms with van der Waals surface area (Å²) in [6, 6.07) is 11.1. The Kier molecular flexibility index (Phi) is 5.97. The maximum Gasteiger partial charge on any atom is 0.303 e. The number of rotatable bonds is 6. The summed E-state index contributed by atoms with van der Waals surface area (Å²) in [5, 5.41) is 9.24. The lowest BCUT2D eigenvalue weighted by atomic mass is 9.85. The summed E-state index contributed by atoms with van der Waals surface area (Å²) in [7, 11) is 1.68. The van der Waals surface area contributed by atoms with E-state index in [1.54, 1.807) is 19.2 Å². The first-order chi connectivity index (χ1) is 16.0. The van der Waals surface area contributed by atoms with Crippen molar-refractivity contribution in [1.29, 1.82) is 0 Å². The number of benzene rings is 2. The number of hydrogen-bond acceptors (Lipinski definition) is 4. The SMILES string of the molecule is COCc1ccc2c(c1)COc1ccc(F)cc1C2=C1CCN(CC2(CC(=O)O)CC2)CC1. The molecule has 0 aromatic heterocycles. The average molecular weight is 452 g/mol. The fraction of sp³-hybridized carbons (Fsp3) is 0.444. The zero-order chi connectivity index (χ0) is 23.0. The van der Waals surface area contributed by atoms with E-state index in [-0.39, 0.29) is 17.7 Å². The summed E-state index contributed by atoms with van der Waals surface area (Å²) in [4.78, 5) is 13.6. The highest BCUT2D eigenvalue weighted by Crippen LogP contribution is 2.50. The Balaban J connectivity index is 1.46. The van der Waals surface area contributed by atoms with Crippen molar-refractivity contribution >= 4 is 11.5 Å². The number of hydrogen-bond donors (Lipinski definition) is 1. The van der Waals surface area contributed by atoms with Crippen LogP contribution in [-0.2, 0) is 22.7 Å². The molecule has 0 atom stereocenters. The normalized spacial score (nSPS) is 19.3. The largest absolute Gasteiger partial charge is 0.488 e. The van der Waals surface area contributed by atoms with Gasteiger partial charge >= 0.3 is 5.97 Å². The van der Waals surface area contributed by atoms with Crippen LogP contribution in [0.2, 0.25) is 0 Å². The van der Waals surface area contributed by atoms with Crippen LogP contribution in [-0.4, -0.2) is 42.7 Å². The quantitative estimate of drug-likeness (QED) is 0.669. The smallest absolute Gasteiger partial charge is 0.303 e. The molecule has 0 unspecified atom stereocenters. The second kappa shape index (κ2) is 8.92. The lowest BCUT2D eigenvalue weighted by Crippen LogP contribution is -2.36. The third-order valence-corrected chi connectivity index (χ3v) is 7.20. The Morgan fingerprint density at radius 1 is 1.15 bits per heavy atom. The van der Waals surface area contributed by atoms with Gasteiger partial charge in [0.15, 0.2) is 0 Å². The molecule has 2 aliphatic heterocycles. The van der Waals surface area contributed by atoms with Crippen molar-refractivity contribution in [3.05, 3.63) is 70.0 Å². The number of aliphatic carboxylic acids is 1. The predicted molar refractivity (Wildman–Crippen MR) is 124 cm³/mol. The highest BCUT2D eigenvalue weighted by Gasteiger charge is 2.45. The minimum Gasteiger partial charge on any atom is -0.488 e. The number of nitrogens with zero attached hydrogens (tertiary/aromatic N) is 1. The Hall–Kier alpha value is -2.70. The second-order valence-electron chi connectivity index (χ2n) is 9.68. The standard InChI is InChI=1S/C27H30FNO4/c1-32-15-18-2-4-22-20(12-18)16-33-24-5-3-21(28)13-23(24)26(22)19-6-10-29(11-7-19)17-27(8-9-27)14-25(30)31/h2-5,12-13H,6-11,14-17H2,1H3,(H,30,31). The molecule has 1 saturated carbocycles. The summed E-state index contributed by atoms with van der Waals surface area (Å²) in [5.74, 6) is -0.255. The number of likely N-dealkylation sites (tertiary alicyclic amines) is 1. The number of fused-ring (bicyclic) bond motifs is 2. The predicted octanol–water partition coefficient (Wildman–Crippen LogP) is 5.02. The molecule has 2 fully saturated rings. The number of carboxylic acid groups (broad SMARTS) is 1. The zero-order valence-electron chi connectivity index (χ0n) is 19.0. The van der Waals surface area contributed by atoms with Crippen LogP contribution in [0.5, 0.6) is 5.75 Å². The van der Waals surface area contributed by atoms with Crippen LogP contribution in [0.1, 0.15) is 54.4 Å². The van der Waals surface area contributed by atoms with E-state index >= 15 is 0 Å². The summed E-state index contributed by atoms with van der Waals surface area (Å²) in [6.07, 6.45) is 4.04. The Bertz CT molecular complexity index is 1100. The van der Waals surface area contributed by atoms with Crippen LogP contribution in [0.3, 0.4) is 0 Å². The van der Waals surface area contributed by atoms with Crippen molar-refractivity contribution in [2.24, 2.45) is 5.41 Å². The summed E-state index contributed by atoms with van der Waals surface area (Å²) in [6.45, 7) is 3.61. The van der Waals surface area contributed by atoms with Gasteiger partial charge in [-0.3, -0.25) is 4.79 Å². The Morgan fingerprint density at radius 2 is 1.94 bits per heavy atom. The molecule has 5 nitrogen and oxygen atoms in total. The minimum atomic E-state index is -0.700. The number of methoxy groups -OCH3 is 1. The topological polar surface area (TPSA) is 59.0 Å². The first kappa shape index (κ1) is 22.1. The van der Waals surface area contributed by atoms with E-state index < -0.39 is 5.97 Å². The molecule has 5 rings (SSSR count). The summed E-state index contributed by atoms with van der Waals surface area (Å²) >= 11 is 0. The molecule has 2 heterocycles. The number of ether oxygens (including phenoxy) is 2. The zero-order valence-corrected chi connectivity index (χ0v) is 19.0. The van der Waals surface area contributed by atoms with Crippen molar-refractivity contribution in [2.75, 3.05) is 26.7 Å². The third-order valence-electron chi connectivity index (χ3n) is 7.20. The minimum absolute atomic E-state index is 0.0350. The average Bonchev–Trinajstić information content (AvgIpc) is 3.55. The van der Waals surface area contributed by atoms with Crippen LogP contribution < -0.4 is 4.74 Å². The van der Waals surface area contributed by atoms with Crippen molar-refractivity contribution in [3.63, 3.8) is 0 Å². The van der Waals surface area contributed by atoms with E-state index in [2.05, 4.69) is 23.1 Å². The molecule has 3 aliphatic rings.